The summed E-state index contributed by atoms with van der Waals surface area (Å²) in [5.74, 6) is 0.873. The largest absolute Gasteiger partial charge is 0.420 e. The van der Waals surface area contributed by atoms with E-state index in [0.29, 0.717) is 17.8 Å². The van der Waals surface area contributed by atoms with Crippen molar-refractivity contribution in [1.82, 2.24) is 25.0 Å². The normalized spacial score (nSPS) is 18.7. The predicted octanol–water partition coefficient (Wildman–Crippen LogP) is 3.30. The summed E-state index contributed by atoms with van der Waals surface area (Å²) >= 11 is 0. The molecule has 1 amide bonds. The van der Waals surface area contributed by atoms with Gasteiger partial charge in [0.1, 0.15) is 6.42 Å². The van der Waals surface area contributed by atoms with Gasteiger partial charge < -0.3 is 9.32 Å². The van der Waals surface area contributed by atoms with Crippen LogP contribution in [0, 0.1) is 0 Å². The van der Waals surface area contributed by atoms with E-state index in [1.165, 1.54) is 32.1 Å². The van der Waals surface area contributed by atoms with E-state index in [4.69, 9.17) is 4.42 Å². The number of hydrogen-bond donors (Lipinski definition) is 0. The minimum absolute atomic E-state index is 0.0659. The van der Waals surface area contributed by atoms with E-state index >= 15 is 0 Å². The van der Waals surface area contributed by atoms with Gasteiger partial charge in [-0.25, -0.2) is 0 Å². The van der Waals surface area contributed by atoms with Gasteiger partial charge in [-0.15, -0.1) is 10.2 Å². The van der Waals surface area contributed by atoms with Gasteiger partial charge in [-0.3, -0.25) is 14.7 Å². The van der Waals surface area contributed by atoms with Crippen LogP contribution < -0.4 is 0 Å². The Morgan fingerprint density at radius 3 is 2.70 bits per heavy atom. The van der Waals surface area contributed by atoms with Crippen molar-refractivity contribution >= 4 is 16.8 Å². The van der Waals surface area contributed by atoms with E-state index < -0.39 is 0 Å². The average Bonchev–Trinajstić information content (AvgIpc) is 3.28. The summed E-state index contributed by atoms with van der Waals surface area (Å²) in [6, 6.07) is 10.4. The highest BCUT2D eigenvalue weighted by atomic mass is 16.4. The molecule has 1 aromatic carbocycles. The summed E-state index contributed by atoms with van der Waals surface area (Å²) in [7, 11) is 0. The Kier molecular flexibility index (Phi) is 5.45. The van der Waals surface area contributed by atoms with Gasteiger partial charge in [0.25, 0.3) is 0 Å². The van der Waals surface area contributed by atoms with Gasteiger partial charge in [0.15, 0.2) is 0 Å². The second-order valence-electron chi connectivity index (χ2n) is 8.30. The topological polar surface area (TPSA) is 75.4 Å². The molecular weight excluding hydrogens is 378 g/mol. The minimum atomic E-state index is 0.0659. The third kappa shape index (κ3) is 4.07. The van der Waals surface area contributed by atoms with Crippen molar-refractivity contribution in [3.05, 3.63) is 42.4 Å². The Bertz CT molecular complexity index is 1020. The van der Waals surface area contributed by atoms with Crippen molar-refractivity contribution in [2.75, 3.05) is 26.2 Å². The summed E-state index contributed by atoms with van der Waals surface area (Å²) in [5, 5.41) is 9.27. The number of rotatable bonds is 4. The maximum absolute atomic E-state index is 12.7. The maximum Gasteiger partial charge on any atom is 0.247 e. The molecule has 7 heteroatoms. The number of fused-ring (bicyclic) bond motifs is 1. The molecule has 1 aliphatic heterocycles. The molecular formula is C23H27N5O2. The Morgan fingerprint density at radius 2 is 1.87 bits per heavy atom. The summed E-state index contributed by atoms with van der Waals surface area (Å²) in [6.07, 6.45) is 8.61. The van der Waals surface area contributed by atoms with E-state index in [2.05, 4.69) is 20.1 Å². The molecule has 5 rings (SSSR count). The standard InChI is InChI=1S/C23H27N5O2/c29-22(28-13-11-27(12-14-28)19-6-2-1-3-7-19)16-21-25-26-23(30-21)18-8-9-20-17(15-18)5-4-10-24-20/h4-5,8-10,15,19H,1-3,6-7,11-14,16H2. The third-order valence-electron chi connectivity index (χ3n) is 6.38. The first-order chi connectivity index (χ1) is 14.8. The number of nitrogens with zero attached hydrogens (tertiary/aromatic N) is 5. The van der Waals surface area contributed by atoms with Gasteiger partial charge in [-0.2, -0.15) is 0 Å². The number of amides is 1. The van der Waals surface area contributed by atoms with Crippen LogP contribution in [-0.4, -0.2) is 63.1 Å². The van der Waals surface area contributed by atoms with Crippen LogP contribution in [0.5, 0.6) is 0 Å². The Morgan fingerprint density at radius 1 is 1.03 bits per heavy atom. The van der Waals surface area contributed by atoms with Gasteiger partial charge in [0.05, 0.1) is 5.52 Å². The van der Waals surface area contributed by atoms with Gasteiger partial charge in [0, 0.05) is 49.4 Å². The molecule has 0 atom stereocenters. The quantitative estimate of drug-likeness (QED) is 0.663. The van der Waals surface area contributed by atoms with Gasteiger partial charge in [-0.1, -0.05) is 25.3 Å². The van der Waals surface area contributed by atoms with Crippen LogP contribution in [0.3, 0.4) is 0 Å². The second kappa shape index (κ2) is 8.52. The summed E-state index contributed by atoms with van der Waals surface area (Å²) in [4.78, 5) is 21.6. The maximum atomic E-state index is 12.7. The van der Waals surface area contributed by atoms with E-state index in [0.717, 1.165) is 42.6 Å². The molecule has 0 spiro atoms. The van der Waals surface area contributed by atoms with Gasteiger partial charge in [-0.05, 0) is 37.1 Å². The molecule has 1 saturated heterocycles. The lowest BCUT2D eigenvalue weighted by molar-refractivity contribution is -0.133. The molecule has 3 heterocycles. The van der Waals surface area contributed by atoms with Crippen molar-refractivity contribution in [3.63, 3.8) is 0 Å². The lowest BCUT2D eigenvalue weighted by atomic mass is 9.94. The van der Waals surface area contributed by atoms with E-state index in [1.807, 2.05) is 35.2 Å². The lowest BCUT2D eigenvalue weighted by Gasteiger charge is -2.40. The fourth-order valence-electron chi connectivity index (χ4n) is 4.67. The molecule has 0 radical (unpaired) electrons. The molecule has 30 heavy (non-hydrogen) atoms. The van der Waals surface area contributed by atoms with Crippen LogP contribution in [0.25, 0.3) is 22.4 Å². The molecule has 1 aliphatic carbocycles. The van der Waals surface area contributed by atoms with Crippen LogP contribution in [0.15, 0.2) is 40.9 Å². The Labute approximate surface area is 176 Å². The number of benzene rings is 1. The highest BCUT2D eigenvalue weighted by molar-refractivity contribution is 5.83. The third-order valence-corrected chi connectivity index (χ3v) is 6.38. The van der Waals surface area contributed by atoms with Crippen molar-refractivity contribution in [3.8, 4) is 11.5 Å². The number of piperazine rings is 1. The van der Waals surface area contributed by atoms with Crippen LogP contribution in [0.2, 0.25) is 0 Å². The van der Waals surface area contributed by atoms with Crippen molar-refractivity contribution < 1.29 is 9.21 Å². The number of aromatic nitrogens is 3. The molecule has 1 saturated carbocycles. The first kappa shape index (κ1) is 19.2. The Balaban J connectivity index is 1.19. The number of carbonyl (C=O) groups excluding carboxylic acids is 1. The van der Waals surface area contributed by atoms with Crippen LogP contribution in [0.1, 0.15) is 38.0 Å². The van der Waals surface area contributed by atoms with Crippen LogP contribution >= 0.6 is 0 Å². The smallest absolute Gasteiger partial charge is 0.247 e. The number of hydrogen-bond acceptors (Lipinski definition) is 6. The molecule has 2 aliphatic rings. The SMILES string of the molecule is O=C(Cc1nnc(-c2ccc3ncccc3c2)o1)N1CCN(C2CCCCC2)CC1. The van der Waals surface area contributed by atoms with Gasteiger partial charge >= 0.3 is 0 Å². The zero-order valence-corrected chi connectivity index (χ0v) is 17.2. The number of carbonyl (C=O) groups is 1. The molecule has 2 aromatic heterocycles. The summed E-state index contributed by atoms with van der Waals surface area (Å²) in [6.45, 7) is 3.51. The molecule has 0 bridgehead atoms. The number of pyridine rings is 1. The van der Waals surface area contributed by atoms with Crippen molar-refractivity contribution in [2.45, 2.75) is 44.6 Å². The predicted molar refractivity (Wildman–Crippen MR) is 114 cm³/mol. The monoisotopic (exact) mass is 405 g/mol. The summed E-state index contributed by atoms with van der Waals surface area (Å²) in [5.41, 5.74) is 1.76. The van der Waals surface area contributed by atoms with Crippen LogP contribution in [-0.2, 0) is 11.2 Å². The van der Waals surface area contributed by atoms with Crippen molar-refractivity contribution in [1.29, 1.82) is 0 Å². The first-order valence-electron chi connectivity index (χ1n) is 11.0. The van der Waals surface area contributed by atoms with E-state index in [-0.39, 0.29) is 12.3 Å². The van der Waals surface area contributed by atoms with Gasteiger partial charge in [0.2, 0.25) is 17.7 Å². The Hall–Kier alpha value is -2.80. The van der Waals surface area contributed by atoms with Crippen molar-refractivity contribution in [2.24, 2.45) is 0 Å². The minimum Gasteiger partial charge on any atom is -0.420 e. The lowest BCUT2D eigenvalue weighted by Crippen LogP contribution is -2.52. The first-order valence-corrected chi connectivity index (χ1v) is 11.0. The fraction of sp³-hybridized carbons (Fsp3) is 0.478. The van der Waals surface area contributed by atoms with E-state index in [9.17, 15) is 4.79 Å². The zero-order chi connectivity index (χ0) is 20.3. The molecule has 0 N–H and O–H groups in total. The highest BCUT2D eigenvalue weighted by Crippen LogP contribution is 2.24. The fourth-order valence-corrected chi connectivity index (χ4v) is 4.67. The molecule has 7 nitrogen and oxygen atoms in total. The highest BCUT2D eigenvalue weighted by Gasteiger charge is 2.27. The molecule has 3 aromatic rings. The van der Waals surface area contributed by atoms with Crippen LogP contribution in [0.4, 0.5) is 0 Å². The van der Waals surface area contributed by atoms with E-state index in [1.54, 1.807) is 6.20 Å². The average molecular weight is 406 g/mol. The molecule has 0 unspecified atom stereocenters. The summed E-state index contributed by atoms with van der Waals surface area (Å²) < 4.78 is 5.80. The zero-order valence-electron chi connectivity index (χ0n) is 17.2. The molecule has 2 fully saturated rings. The molecule has 156 valence electrons. The second-order valence-corrected chi connectivity index (χ2v) is 8.30.